The van der Waals surface area contributed by atoms with Gasteiger partial charge in [-0.2, -0.15) is 26.3 Å². The molecule has 0 bridgehead atoms. The van der Waals surface area contributed by atoms with Gasteiger partial charge in [-0.15, -0.1) is 0 Å². The lowest BCUT2D eigenvalue weighted by atomic mass is 9.93. The second-order valence-corrected chi connectivity index (χ2v) is 11.9. The van der Waals surface area contributed by atoms with E-state index in [0.717, 1.165) is 22.6 Å². The summed E-state index contributed by atoms with van der Waals surface area (Å²) in [6.07, 6.45) is -9.90. The van der Waals surface area contributed by atoms with Crippen molar-refractivity contribution >= 4 is 28.5 Å². The minimum Gasteiger partial charge on any atom is -0.467 e. The smallest absolute Gasteiger partial charge is 0.417 e. The van der Waals surface area contributed by atoms with Gasteiger partial charge in [-0.05, 0) is 36.8 Å². The van der Waals surface area contributed by atoms with Crippen LogP contribution < -0.4 is 15.8 Å². The second-order valence-electron chi connectivity index (χ2n) is 11.9. The molecule has 4 aromatic rings. The maximum Gasteiger partial charge on any atom is 0.417 e. The van der Waals surface area contributed by atoms with Gasteiger partial charge in [0.1, 0.15) is 23.2 Å². The molecule has 0 spiro atoms. The Bertz CT molecular complexity index is 2020. The van der Waals surface area contributed by atoms with Crippen molar-refractivity contribution in [2.75, 3.05) is 31.8 Å². The van der Waals surface area contributed by atoms with Crippen molar-refractivity contribution < 1.29 is 54.2 Å². The molecule has 1 aliphatic rings. The van der Waals surface area contributed by atoms with Crippen LogP contribution in [0, 0.1) is 18.6 Å². The zero-order chi connectivity index (χ0) is 37.4. The number of pyridine rings is 2. The van der Waals surface area contributed by atoms with Crippen molar-refractivity contribution in [3.63, 3.8) is 0 Å². The number of alkyl halides is 6. The fraction of sp³-hybridized carbons (Fsp3) is 0.353. The minimum atomic E-state index is -4.90. The average molecular weight is 727 g/mol. The Morgan fingerprint density at radius 1 is 1.08 bits per heavy atom. The van der Waals surface area contributed by atoms with E-state index in [-0.39, 0.29) is 53.2 Å². The van der Waals surface area contributed by atoms with Crippen LogP contribution in [0.15, 0.2) is 53.5 Å². The molecule has 2 atom stereocenters. The number of esters is 1. The molecule has 272 valence electrons. The van der Waals surface area contributed by atoms with E-state index < -0.39 is 83.0 Å². The van der Waals surface area contributed by atoms with Crippen LogP contribution in [0.2, 0.25) is 0 Å². The number of hydrogen-bond donors (Lipinski definition) is 1. The standard InChI is InChI=1S/C34H30F8N4O5/c1-17-11-23(34(40,41)42)27(31(48)45(17)2)22-7-6-18(21-5-4-8-43-29(21)22)12-26(32(49)50-3)44-30(47)28-24(35)13-19(14-25(28)36)46-9-10-51-16-20(46)15-33(37,38)39/h4-8,11,13-14,20,26H,9-10,12,15-16H2,1-3H3,(H,44,47)/t20-,26-/m0/s1. The number of morpholine rings is 1. The van der Waals surface area contributed by atoms with E-state index in [1.807, 2.05) is 0 Å². The van der Waals surface area contributed by atoms with Gasteiger partial charge in [0.05, 0.1) is 49.4 Å². The third-order valence-corrected chi connectivity index (χ3v) is 8.60. The van der Waals surface area contributed by atoms with E-state index in [2.05, 4.69) is 10.3 Å². The van der Waals surface area contributed by atoms with E-state index in [1.165, 1.54) is 44.4 Å². The van der Waals surface area contributed by atoms with E-state index in [0.29, 0.717) is 12.1 Å². The van der Waals surface area contributed by atoms with Crippen LogP contribution >= 0.6 is 0 Å². The normalized spacial score (nSPS) is 15.9. The largest absolute Gasteiger partial charge is 0.467 e. The third-order valence-electron chi connectivity index (χ3n) is 8.60. The van der Waals surface area contributed by atoms with Crippen molar-refractivity contribution in [2.45, 2.75) is 44.2 Å². The van der Waals surface area contributed by atoms with Gasteiger partial charge in [0.2, 0.25) is 0 Å². The number of aryl methyl sites for hydroxylation is 1. The van der Waals surface area contributed by atoms with Crippen LogP contribution in [-0.2, 0) is 33.9 Å². The molecule has 1 aliphatic heterocycles. The molecule has 9 nitrogen and oxygen atoms in total. The number of fused-ring (bicyclic) bond motifs is 1. The summed E-state index contributed by atoms with van der Waals surface area (Å²) in [4.78, 5) is 44.6. The number of carbonyl (C=O) groups is 2. The Kier molecular flexibility index (Phi) is 10.4. The fourth-order valence-electron chi connectivity index (χ4n) is 6.08. The highest BCUT2D eigenvalue weighted by Crippen LogP contribution is 2.39. The van der Waals surface area contributed by atoms with E-state index in [9.17, 15) is 40.7 Å². The summed E-state index contributed by atoms with van der Waals surface area (Å²) >= 11 is 0. The van der Waals surface area contributed by atoms with Gasteiger partial charge in [0, 0.05) is 48.5 Å². The number of aromatic nitrogens is 2. The van der Waals surface area contributed by atoms with Crippen molar-refractivity contribution in [3.05, 3.63) is 93.0 Å². The predicted molar refractivity (Wildman–Crippen MR) is 168 cm³/mol. The zero-order valence-electron chi connectivity index (χ0n) is 27.2. The maximum absolute atomic E-state index is 15.3. The molecule has 1 amide bonds. The van der Waals surface area contributed by atoms with Gasteiger partial charge in [-0.3, -0.25) is 14.6 Å². The van der Waals surface area contributed by atoms with E-state index in [4.69, 9.17) is 9.47 Å². The molecule has 2 aromatic carbocycles. The summed E-state index contributed by atoms with van der Waals surface area (Å²) in [5, 5.41) is 2.42. The van der Waals surface area contributed by atoms with Gasteiger partial charge in [0.25, 0.3) is 11.5 Å². The monoisotopic (exact) mass is 726 g/mol. The average Bonchev–Trinajstić information content (AvgIpc) is 3.05. The predicted octanol–water partition coefficient (Wildman–Crippen LogP) is 5.88. The Morgan fingerprint density at radius 3 is 2.39 bits per heavy atom. The van der Waals surface area contributed by atoms with Gasteiger partial charge >= 0.3 is 18.3 Å². The fourth-order valence-corrected chi connectivity index (χ4v) is 6.08. The van der Waals surface area contributed by atoms with Crippen molar-refractivity contribution in [2.24, 2.45) is 7.05 Å². The third kappa shape index (κ3) is 7.82. The van der Waals surface area contributed by atoms with Crippen molar-refractivity contribution in [1.29, 1.82) is 0 Å². The summed E-state index contributed by atoms with van der Waals surface area (Å²) in [5.41, 5.74) is -4.00. The number of nitrogens with zero attached hydrogens (tertiary/aromatic N) is 3. The molecular weight excluding hydrogens is 696 g/mol. The number of anilines is 1. The highest BCUT2D eigenvalue weighted by molar-refractivity contribution is 5.99. The molecule has 5 rings (SSSR count). The number of benzene rings is 2. The quantitative estimate of drug-likeness (QED) is 0.179. The lowest BCUT2D eigenvalue weighted by molar-refractivity contribution is -0.144. The summed E-state index contributed by atoms with van der Waals surface area (Å²) in [6, 6.07) is 4.88. The molecule has 1 saturated heterocycles. The lowest BCUT2D eigenvalue weighted by Crippen LogP contribution is -2.48. The SMILES string of the molecule is COC(=O)[C@H](Cc1ccc(-c2c(C(F)(F)F)cc(C)n(C)c2=O)c2ncccc12)NC(=O)c1c(F)cc(N2CCOC[C@@H]2CC(F)(F)F)cc1F. The van der Waals surface area contributed by atoms with Crippen LogP contribution in [0.3, 0.4) is 0 Å². The number of amides is 1. The Balaban J connectivity index is 1.49. The first-order valence-corrected chi connectivity index (χ1v) is 15.3. The number of rotatable bonds is 8. The summed E-state index contributed by atoms with van der Waals surface area (Å²) in [5.74, 6) is -5.26. The summed E-state index contributed by atoms with van der Waals surface area (Å²) < 4.78 is 124. The van der Waals surface area contributed by atoms with E-state index >= 15 is 8.78 Å². The van der Waals surface area contributed by atoms with Gasteiger partial charge in [0.15, 0.2) is 0 Å². The number of nitrogens with one attached hydrogen (secondary N) is 1. The van der Waals surface area contributed by atoms with Crippen molar-refractivity contribution in [3.8, 4) is 11.1 Å². The molecule has 0 aliphatic carbocycles. The molecular formula is C34H30F8N4O5. The van der Waals surface area contributed by atoms with Crippen LogP contribution in [0.5, 0.6) is 0 Å². The summed E-state index contributed by atoms with van der Waals surface area (Å²) in [6.45, 7) is 0.900. The van der Waals surface area contributed by atoms with Gasteiger partial charge < -0.3 is 24.3 Å². The first-order valence-electron chi connectivity index (χ1n) is 15.3. The Labute approximate surface area is 284 Å². The number of carbonyl (C=O) groups excluding carboxylic acids is 2. The maximum atomic E-state index is 15.3. The Morgan fingerprint density at radius 2 is 1.76 bits per heavy atom. The molecule has 0 unspecified atom stereocenters. The zero-order valence-corrected chi connectivity index (χ0v) is 27.2. The number of halogens is 8. The van der Waals surface area contributed by atoms with Crippen LogP contribution in [-0.4, -0.2) is 66.6 Å². The van der Waals surface area contributed by atoms with Gasteiger partial charge in [-0.25, -0.2) is 13.6 Å². The first-order chi connectivity index (χ1) is 23.9. The molecule has 1 N–H and O–H groups in total. The van der Waals surface area contributed by atoms with Crippen LogP contribution in [0.25, 0.3) is 22.0 Å². The number of ether oxygens (including phenoxy) is 2. The van der Waals surface area contributed by atoms with E-state index in [1.54, 1.807) is 0 Å². The minimum absolute atomic E-state index is 0.00299. The topological polar surface area (TPSA) is 103 Å². The van der Waals surface area contributed by atoms with Gasteiger partial charge in [-0.1, -0.05) is 18.2 Å². The highest BCUT2D eigenvalue weighted by atomic mass is 19.4. The number of hydrogen-bond acceptors (Lipinski definition) is 7. The summed E-state index contributed by atoms with van der Waals surface area (Å²) in [7, 11) is 2.31. The highest BCUT2D eigenvalue weighted by Gasteiger charge is 2.38. The van der Waals surface area contributed by atoms with Crippen LogP contribution in [0.4, 0.5) is 40.8 Å². The number of methoxy groups -OCH3 is 1. The Hall–Kier alpha value is -5.06. The molecule has 51 heavy (non-hydrogen) atoms. The second kappa shape index (κ2) is 14.3. The molecule has 1 fully saturated rings. The van der Waals surface area contributed by atoms with Crippen LogP contribution in [0.1, 0.15) is 33.6 Å². The molecule has 17 heteroatoms. The molecule has 3 heterocycles. The first kappa shape index (κ1) is 37.2. The lowest BCUT2D eigenvalue weighted by Gasteiger charge is -2.37. The van der Waals surface area contributed by atoms with Crippen molar-refractivity contribution in [1.82, 2.24) is 14.9 Å². The molecule has 0 radical (unpaired) electrons. The molecule has 2 aromatic heterocycles. The molecule has 0 saturated carbocycles.